The van der Waals surface area contributed by atoms with Gasteiger partial charge in [0.15, 0.2) is 0 Å². The van der Waals surface area contributed by atoms with Crippen molar-refractivity contribution in [2.45, 2.75) is 6.42 Å². The first kappa shape index (κ1) is 13.3. The summed E-state index contributed by atoms with van der Waals surface area (Å²) < 4.78 is 10.3. The van der Waals surface area contributed by atoms with Gasteiger partial charge in [0.1, 0.15) is 11.6 Å². The minimum Gasteiger partial charge on any atom is -0.497 e. The maximum absolute atomic E-state index is 5.54. The molecule has 2 rings (SSSR count). The van der Waals surface area contributed by atoms with Crippen LogP contribution in [0.2, 0.25) is 0 Å². The van der Waals surface area contributed by atoms with Crippen LogP contribution in [0.1, 0.15) is 5.82 Å². The molecule has 0 unspecified atom stereocenters. The van der Waals surface area contributed by atoms with E-state index in [-0.39, 0.29) is 0 Å². The summed E-state index contributed by atoms with van der Waals surface area (Å²) in [7, 11) is 3.23. The molecule has 0 bridgehead atoms. The summed E-state index contributed by atoms with van der Waals surface area (Å²) in [5.74, 6) is 2.05. The molecule has 1 aromatic heterocycles. The summed E-state index contributed by atoms with van der Waals surface area (Å²) >= 11 is 0. The first-order chi connectivity index (χ1) is 9.26. The lowest BCUT2D eigenvalue weighted by atomic mass is 10.1. The second-order valence-corrected chi connectivity index (χ2v) is 3.98. The van der Waals surface area contributed by atoms with Gasteiger partial charge in [0.2, 0.25) is 5.88 Å². The van der Waals surface area contributed by atoms with E-state index in [4.69, 9.17) is 15.2 Å². The summed E-state index contributed by atoms with van der Waals surface area (Å²) in [6.45, 7) is 0.509. The van der Waals surface area contributed by atoms with E-state index in [2.05, 4.69) is 9.97 Å². The van der Waals surface area contributed by atoms with Crippen molar-refractivity contribution in [3.8, 4) is 22.9 Å². The fourth-order valence-electron chi connectivity index (χ4n) is 1.73. The van der Waals surface area contributed by atoms with Gasteiger partial charge in [-0.1, -0.05) is 0 Å². The van der Waals surface area contributed by atoms with Gasteiger partial charge in [-0.05, 0) is 30.8 Å². The lowest BCUT2D eigenvalue weighted by molar-refractivity contribution is 0.395. The Kier molecular flexibility index (Phi) is 4.30. The second kappa shape index (κ2) is 6.15. The van der Waals surface area contributed by atoms with Crippen molar-refractivity contribution >= 4 is 0 Å². The third-order valence-corrected chi connectivity index (χ3v) is 2.71. The summed E-state index contributed by atoms with van der Waals surface area (Å²) in [5.41, 5.74) is 7.34. The highest BCUT2D eigenvalue weighted by molar-refractivity contribution is 5.61. The van der Waals surface area contributed by atoms with Crippen molar-refractivity contribution < 1.29 is 9.47 Å². The molecule has 0 amide bonds. The molecule has 0 aliphatic heterocycles. The van der Waals surface area contributed by atoms with Crippen LogP contribution in [0.25, 0.3) is 11.3 Å². The van der Waals surface area contributed by atoms with Crippen molar-refractivity contribution in [2.75, 3.05) is 20.8 Å². The van der Waals surface area contributed by atoms with Gasteiger partial charge in [0.05, 0.1) is 19.9 Å². The molecule has 19 heavy (non-hydrogen) atoms. The molecule has 100 valence electrons. The first-order valence-corrected chi connectivity index (χ1v) is 6.03. The summed E-state index contributed by atoms with van der Waals surface area (Å²) in [6, 6.07) is 9.50. The second-order valence-electron chi connectivity index (χ2n) is 3.98. The van der Waals surface area contributed by atoms with Crippen LogP contribution in [0.3, 0.4) is 0 Å². The number of nitrogens with zero attached hydrogens (tertiary/aromatic N) is 2. The lowest BCUT2D eigenvalue weighted by Gasteiger charge is -2.07. The number of aromatic nitrogens is 2. The van der Waals surface area contributed by atoms with Gasteiger partial charge < -0.3 is 15.2 Å². The summed E-state index contributed by atoms with van der Waals surface area (Å²) in [6.07, 6.45) is 0.625. The van der Waals surface area contributed by atoms with E-state index in [1.54, 1.807) is 14.2 Å². The molecule has 2 aromatic rings. The molecule has 0 saturated heterocycles. The van der Waals surface area contributed by atoms with Gasteiger partial charge >= 0.3 is 0 Å². The first-order valence-electron chi connectivity index (χ1n) is 6.03. The zero-order valence-electron chi connectivity index (χ0n) is 11.1. The van der Waals surface area contributed by atoms with Crippen LogP contribution in [0, 0.1) is 0 Å². The SMILES string of the molecule is COc1ccc(-c2cc(OC)nc(CCN)n2)cc1. The Morgan fingerprint density at radius 2 is 1.79 bits per heavy atom. The highest BCUT2D eigenvalue weighted by atomic mass is 16.5. The van der Waals surface area contributed by atoms with Crippen LogP contribution in [-0.4, -0.2) is 30.7 Å². The maximum atomic E-state index is 5.54. The number of methoxy groups -OCH3 is 2. The number of hydrogen-bond donors (Lipinski definition) is 1. The minimum atomic E-state index is 0.509. The van der Waals surface area contributed by atoms with Crippen molar-refractivity contribution in [2.24, 2.45) is 5.73 Å². The van der Waals surface area contributed by atoms with Gasteiger partial charge in [-0.25, -0.2) is 4.98 Å². The smallest absolute Gasteiger partial charge is 0.216 e. The zero-order valence-corrected chi connectivity index (χ0v) is 11.1. The molecule has 2 N–H and O–H groups in total. The van der Waals surface area contributed by atoms with Gasteiger partial charge in [-0.2, -0.15) is 4.98 Å². The van der Waals surface area contributed by atoms with E-state index in [0.717, 1.165) is 17.0 Å². The van der Waals surface area contributed by atoms with Crippen LogP contribution in [0.15, 0.2) is 30.3 Å². The number of rotatable bonds is 5. The number of nitrogens with two attached hydrogens (primary N) is 1. The normalized spacial score (nSPS) is 10.3. The molecule has 0 saturated carbocycles. The summed E-state index contributed by atoms with van der Waals surface area (Å²) in [5, 5.41) is 0. The Bertz CT molecular complexity index is 541. The van der Waals surface area contributed by atoms with Gasteiger partial charge in [0.25, 0.3) is 0 Å². The van der Waals surface area contributed by atoms with E-state index in [9.17, 15) is 0 Å². The number of hydrogen-bond acceptors (Lipinski definition) is 5. The minimum absolute atomic E-state index is 0.509. The van der Waals surface area contributed by atoms with Gasteiger partial charge in [0, 0.05) is 18.1 Å². The van der Waals surface area contributed by atoms with E-state index in [1.807, 2.05) is 30.3 Å². The van der Waals surface area contributed by atoms with Crippen LogP contribution >= 0.6 is 0 Å². The Labute approximate surface area is 112 Å². The van der Waals surface area contributed by atoms with Gasteiger partial charge in [-0.3, -0.25) is 0 Å². The molecule has 1 aromatic carbocycles. The van der Waals surface area contributed by atoms with Crippen LogP contribution < -0.4 is 15.2 Å². The fraction of sp³-hybridized carbons (Fsp3) is 0.286. The quantitative estimate of drug-likeness (QED) is 0.884. The predicted molar refractivity (Wildman–Crippen MR) is 73.3 cm³/mol. The molecule has 0 aliphatic carbocycles. The maximum Gasteiger partial charge on any atom is 0.216 e. The summed E-state index contributed by atoms with van der Waals surface area (Å²) in [4.78, 5) is 8.75. The third-order valence-electron chi connectivity index (χ3n) is 2.71. The van der Waals surface area contributed by atoms with Crippen molar-refractivity contribution in [3.05, 3.63) is 36.2 Å². The highest BCUT2D eigenvalue weighted by Gasteiger charge is 2.07. The molecule has 0 aliphatic rings. The van der Waals surface area contributed by atoms with Crippen LogP contribution in [-0.2, 0) is 6.42 Å². The fourth-order valence-corrected chi connectivity index (χ4v) is 1.73. The van der Waals surface area contributed by atoms with E-state index in [1.165, 1.54) is 0 Å². The topological polar surface area (TPSA) is 70.3 Å². The van der Waals surface area contributed by atoms with Crippen molar-refractivity contribution in [1.82, 2.24) is 9.97 Å². The Morgan fingerprint density at radius 3 is 2.37 bits per heavy atom. The Hall–Kier alpha value is -2.14. The molecule has 0 radical (unpaired) electrons. The molecular weight excluding hydrogens is 242 g/mol. The van der Waals surface area contributed by atoms with Crippen molar-refractivity contribution in [3.63, 3.8) is 0 Å². The Morgan fingerprint density at radius 1 is 1.05 bits per heavy atom. The molecule has 0 spiro atoms. The highest BCUT2D eigenvalue weighted by Crippen LogP contribution is 2.23. The molecule has 0 atom stereocenters. The third kappa shape index (κ3) is 3.20. The van der Waals surface area contributed by atoms with E-state index in [0.29, 0.717) is 24.7 Å². The molecule has 0 fully saturated rings. The van der Waals surface area contributed by atoms with Crippen molar-refractivity contribution in [1.29, 1.82) is 0 Å². The predicted octanol–water partition coefficient (Wildman–Crippen LogP) is 1.66. The van der Waals surface area contributed by atoms with Crippen LogP contribution in [0.5, 0.6) is 11.6 Å². The largest absolute Gasteiger partial charge is 0.497 e. The Balaban J connectivity index is 2.38. The average molecular weight is 259 g/mol. The monoisotopic (exact) mass is 259 g/mol. The number of benzene rings is 1. The van der Waals surface area contributed by atoms with E-state index < -0.39 is 0 Å². The average Bonchev–Trinajstić information content (AvgIpc) is 2.47. The van der Waals surface area contributed by atoms with Gasteiger partial charge in [-0.15, -0.1) is 0 Å². The zero-order chi connectivity index (χ0) is 13.7. The van der Waals surface area contributed by atoms with E-state index >= 15 is 0 Å². The molecule has 5 nitrogen and oxygen atoms in total. The lowest BCUT2D eigenvalue weighted by Crippen LogP contribution is -2.07. The molecular formula is C14H17N3O2. The standard InChI is InChI=1S/C14H17N3O2/c1-18-11-5-3-10(4-6-11)12-9-14(19-2)17-13(16-12)7-8-15/h3-6,9H,7-8,15H2,1-2H3. The number of ether oxygens (including phenoxy) is 2. The molecule has 5 heteroatoms. The molecule has 1 heterocycles. The van der Waals surface area contributed by atoms with Crippen LogP contribution in [0.4, 0.5) is 0 Å².